The summed E-state index contributed by atoms with van der Waals surface area (Å²) in [5.41, 5.74) is -0.0652. The molecule has 1 unspecified atom stereocenters. The topological polar surface area (TPSA) is 88.1 Å². The molecule has 8 nitrogen and oxygen atoms in total. The van der Waals surface area contributed by atoms with Gasteiger partial charge in [-0.05, 0) is 26.0 Å². The van der Waals surface area contributed by atoms with E-state index in [9.17, 15) is 0 Å². The van der Waals surface area contributed by atoms with Crippen LogP contribution in [0.2, 0.25) is 0 Å². The molecule has 1 fully saturated rings. The van der Waals surface area contributed by atoms with Gasteiger partial charge in [0.05, 0.1) is 25.5 Å². The normalized spacial score (nSPS) is 16.6. The van der Waals surface area contributed by atoms with Crippen LogP contribution in [0.5, 0.6) is 0 Å². The van der Waals surface area contributed by atoms with Crippen LogP contribution in [0.25, 0.3) is 0 Å². The number of aliphatic imine (C=N–C) groups is 1. The van der Waals surface area contributed by atoms with Gasteiger partial charge in [-0.1, -0.05) is 20.8 Å². The maximum atomic E-state index is 5.95. The SMILES string of the molecule is CCNC(=NCc1ncc(C(C)(C)C)o1)NCC(c1ccc(C)o1)N1CCOCC1.I. The van der Waals surface area contributed by atoms with Crippen LogP contribution in [0.4, 0.5) is 0 Å². The summed E-state index contributed by atoms with van der Waals surface area (Å²) in [4.78, 5) is 11.4. The molecule has 2 aromatic heterocycles. The number of ether oxygens (including phenoxy) is 1. The molecule has 3 heterocycles. The number of hydrogen-bond acceptors (Lipinski definition) is 6. The lowest BCUT2D eigenvalue weighted by molar-refractivity contribution is 0.0124. The molecule has 2 aromatic rings. The van der Waals surface area contributed by atoms with Crippen LogP contribution >= 0.6 is 24.0 Å². The summed E-state index contributed by atoms with van der Waals surface area (Å²) in [6, 6.07) is 4.18. The second kappa shape index (κ2) is 11.9. The first-order valence-electron chi connectivity index (χ1n) is 10.7. The van der Waals surface area contributed by atoms with Crippen molar-refractivity contribution < 1.29 is 13.6 Å². The van der Waals surface area contributed by atoms with Crippen LogP contribution in [0.15, 0.2) is 32.2 Å². The smallest absolute Gasteiger partial charge is 0.216 e. The highest BCUT2D eigenvalue weighted by Crippen LogP contribution is 2.24. The molecular formula is C22H36IN5O3. The molecule has 0 amide bonds. The molecule has 0 saturated carbocycles. The van der Waals surface area contributed by atoms with Gasteiger partial charge in [0, 0.05) is 31.6 Å². The van der Waals surface area contributed by atoms with Crippen LogP contribution in [0, 0.1) is 6.92 Å². The second-order valence-electron chi connectivity index (χ2n) is 8.56. The zero-order valence-corrected chi connectivity index (χ0v) is 21.6. The predicted octanol–water partition coefficient (Wildman–Crippen LogP) is 3.62. The first kappa shape index (κ1) is 25.7. The average molecular weight is 545 g/mol. The Bertz CT molecular complexity index is 821. The summed E-state index contributed by atoms with van der Waals surface area (Å²) in [6.45, 7) is 15.4. The fourth-order valence-corrected chi connectivity index (χ4v) is 3.34. The molecule has 174 valence electrons. The zero-order valence-electron chi connectivity index (χ0n) is 19.2. The van der Waals surface area contributed by atoms with Gasteiger partial charge in [-0.3, -0.25) is 4.90 Å². The highest BCUT2D eigenvalue weighted by atomic mass is 127. The summed E-state index contributed by atoms with van der Waals surface area (Å²) in [5.74, 6) is 4.09. The van der Waals surface area contributed by atoms with Crippen LogP contribution in [0.3, 0.4) is 0 Å². The maximum absolute atomic E-state index is 5.95. The largest absolute Gasteiger partial charge is 0.465 e. The fraction of sp³-hybridized carbons (Fsp3) is 0.636. The number of hydrogen-bond donors (Lipinski definition) is 2. The van der Waals surface area contributed by atoms with Crippen LogP contribution in [0.1, 0.15) is 56.9 Å². The van der Waals surface area contributed by atoms with Crippen LogP contribution < -0.4 is 10.6 Å². The molecular weight excluding hydrogens is 509 g/mol. The number of furan rings is 1. The Morgan fingerprint density at radius 2 is 1.94 bits per heavy atom. The molecule has 1 saturated heterocycles. The highest BCUT2D eigenvalue weighted by Gasteiger charge is 2.25. The third-order valence-corrected chi connectivity index (χ3v) is 5.05. The van der Waals surface area contributed by atoms with Crippen molar-refractivity contribution in [2.75, 3.05) is 39.4 Å². The van der Waals surface area contributed by atoms with Gasteiger partial charge < -0.3 is 24.2 Å². The van der Waals surface area contributed by atoms with Gasteiger partial charge in [0.15, 0.2) is 5.96 Å². The number of guanidine groups is 1. The monoisotopic (exact) mass is 545 g/mol. The van der Waals surface area contributed by atoms with E-state index in [1.54, 1.807) is 6.20 Å². The molecule has 0 aliphatic carbocycles. The number of morpholine rings is 1. The third kappa shape index (κ3) is 7.50. The lowest BCUT2D eigenvalue weighted by Gasteiger charge is -2.33. The van der Waals surface area contributed by atoms with E-state index in [0.29, 0.717) is 19.0 Å². The number of rotatable bonds is 7. The molecule has 1 aliphatic heterocycles. The summed E-state index contributed by atoms with van der Waals surface area (Å²) in [7, 11) is 0. The third-order valence-electron chi connectivity index (χ3n) is 5.05. The number of aromatic nitrogens is 1. The number of oxazole rings is 1. The lowest BCUT2D eigenvalue weighted by Crippen LogP contribution is -2.46. The number of halogens is 1. The number of nitrogens with zero attached hydrogens (tertiary/aromatic N) is 3. The van der Waals surface area contributed by atoms with Crippen molar-refractivity contribution in [2.24, 2.45) is 4.99 Å². The van der Waals surface area contributed by atoms with Gasteiger partial charge in [0.25, 0.3) is 0 Å². The molecule has 9 heteroatoms. The molecule has 3 rings (SSSR count). The zero-order chi connectivity index (χ0) is 21.6. The van der Waals surface area contributed by atoms with Gasteiger partial charge in [-0.2, -0.15) is 0 Å². The molecule has 1 atom stereocenters. The van der Waals surface area contributed by atoms with Crippen molar-refractivity contribution in [3.8, 4) is 0 Å². The van der Waals surface area contributed by atoms with Crippen molar-refractivity contribution >= 4 is 29.9 Å². The van der Waals surface area contributed by atoms with Gasteiger partial charge in [0.1, 0.15) is 23.8 Å². The minimum absolute atomic E-state index is 0. The Kier molecular flexibility index (Phi) is 9.83. The Labute approximate surface area is 202 Å². The number of aryl methyl sites for hydroxylation is 1. The number of nitrogens with one attached hydrogen (secondary N) is 2. The molecule has 0 bridgehead atoms. The van der Waals surface area contributed by atoms with E-state index >= 15 is 0 Å². The van der Waals surface area contributed by atoms with Crippen LogP contribution in [-0.4, -0.2) is 55.2 Å². The molecule has 0 radical (unpaired) electrons. The van der Waals surface area contributed by atoms with E-state index in [0.717, 1.165) is 56.1 Å². The van der Waals surface area contributed by atoms with Crippen LogP contribution in [-0.2, 0) is 16.7 Å². The van der Waals surface area contributed by atoms with E-state index < -0.39 is 0 Å². The highest BCUT2D eigenvalue weighted by molar-refractivity contribution is 14.0. The average Bonchev–Trinajstić information content (AvgIpc) is 3.36. The molecule has 2 N–H and O–H groups in total. The van der Waals surface area contributed by atoms with Gasteiger partial charge in [0.2, 0.25) is 5.89 Å². The summed E-state index contributed by atoms with van der Waals surface area (Å²) >= 11 is 0. The summed E-state index contributed by atoms with van der Waals surface area (Å²) < 4.78 is 17.3. The standard InChI is InChI=1S/C22H35N5O3.HI/c1-6-23-21(26-15-20-24-14-19(30-20)22(3,4)5)25-13-17(18-8-7-16(2)29-18)27-9-11-28-12-10-27;/h7-8,14,17H,6,9-13,15H2,1-5H3,(H2,23,25,26);1H. The van der Waals surface area contributed by atoms with Crippen molar-refractivity contribution in [1.29, 1.82) is 0 Å². The first-order valence-corrected chi connectivity index (χ1v) is 10.7. The predicted molar refractivity (Wildman–Crippen MR) is 132 cm³/mol. The molecule has 31 heavy (non-hydrogen) atoms. The van der Waals surface area contributed by atoms with E-state index in [-0.39, 0.29) is 35.4 Å². The summed E-state index contributed by atoms with van der Waals surface area (Å²) in [5, 5.41) is 6.76. The van der Waals surface area contributed by atoms with Crippen molar-refractivity contribution in [3.05, 3.63) is 41.5 Å². The minimum atomic E-state index is -0.0652. The van der Waals surface area contributed by atoms with E-state index in [2.05, 4.69) is 59.3 Å². The molecule has 1 aliphatic rings. The Balaban J connectivity index is 0.00000341. The van der Waals surface area contributed by atoms with Crippen molar-refractivity contribution in [2.45, 2.75) is 52.6 Å². The van der Waals surface area contributed by atoms with Crippen molar-refractivity contribution in [3.63, 3.8) is 0 Å². The van der Waals surface area contributed by atoms with Crippen molar-refractivity contribution in [1.82, 2.24) is 20.5 Å². The van der Waals surface area contributed by atoms with E-state index in [1.807, 2.05) is 13.0 Å². The first-order chi connectivity index (χ1) is 14.4. The summed E-state index contributed by atoms with van der Waals surface area (Å²) in [6.07, 6.45) is 1.79. The Morgan fingerprint density at radius 3 is 2.52 bits per heavy atom. The Hall–Kier alpha value is -1.59. The Morgan fingerprint density at radius 1 is 1.19 bits per heavy atom. The van der Waals surface area contributed by atoms with Gasteiger partial charge >= 0.3 is 0 Å². The fourth-order valence-electron chi connectivity index (χ4n) is 3.34. The molecule has 0 aromatic carbocycles. The van der Waals surface area contributed by atoms with Gasteiger partial charge in [-0.15, -0.1) is 24.0 Å². The lowest BCUT2D eigenvalue weighted by atomic mass is 9.94. The van der Waals surface area contributed by atoms with E-state index in [4.69, 9.17) is 13.6 Å². The molecule has 0 spiro atoms. The van der Waals surface area contributed by atoms with E-state index in [1.165, 1.54) is 0 Å². The van der Waals surface area contributed by atoms with Gasteiger partial charge in [-0.25, -0.2) is 9.98 Å². The maximum Gasteiger partial charge on any atom is 0.216 e. The second-order valence-corrected chi connectivity index (χ2v) is 8.56. The minimum Gasteiger partial charge on any atom is -0.465 e. The quantitative estimate of drug-likeness (QED) is 0.312.